The maximum atomic E-state index is 12.7. The van der Waals surface area contributed by atoms with Crippen LogP contribution in [0.3, 0.4) is 0 Å². The molecule has 0 aliphatic carbocycles. The topological polar surface area (TPSA) is 41.1 Å². The molecule has 0 radical (unpaired) electrons. The standard InChI is InChI=1S/C12H14BrF3N2O/c1-7(2)18-11(19)6-17-8-3-4-10(13)9(5-8)12(14,15)16/h3-5,7,17H,6H2,1-2H3,(H,18,19). The molecule has 0 fully saturated rings. The molecule has 0 atom stereocenters. The normalized spacial score (nSPS) is 11.5. The Bertz CT molecular complexity index is 461. The van der Waals surface area contributed by atoms with Crippen molar-refractivity contribution in [2.75, 3.05) is 11.9 Å². The first kappa shape index (κ1) is 15.8. The van der Waals surface area contributed by atoms with Gasteiger partial charge in [-0.1, -0.05) is 15.9 Å². The van der Waals surface area contributed by atoms with Crippen LogP contribution in [-0.4, -0.2) is 18.5 Å². The van der Waals surface area contributed by atoms with Crippen molar-refractivity contribution in [3.8, 4) is 0 Å². The Hall–Kier alpha value is -1.24. The second-order valence-corrected chi connectivity index (χ2v) is 5.12. The number of rotatable bonds is 4. The largest absolute Gasteiger partial charge is 0.417 e. The van der Waals surface area contributed by atoms with Gasteiger partial charge in [0.1, 0.15) is 0 Å². The smallest absolute Gasteiger partial charge is 0.376 e. The molecule has 0 aliphatic rings. The molecule has 0 heterocycles. The molecule has 1 amide bonds. The molecule has 0 bridgehead atoms. The van der Waals surface area contributed by atoms with Gasteiger partial charge in [0.25, 0.3) is 0 Å². The number of alkyl halides is 3. The number of hydrogen-bond donors (Lipinski definition) is 2. The van der Waals surface area contributed by atoms with Crippen LogP contribution in [0.25, 0.3) is 0 Å². The zero-order valence-electron chi connectivity index (χ0n) is 10.4. The number of benzene rings is 1. The molecule has 106 valence electrons. The third kappa shape index (κ3) is 5.10. The highest BCUT2D eigenvalue weighted by Crippen LogP contribution is 2.36. The van der Waals surface area contributed by atoms with Gasteiger partial charge in [0.15, 0.2) is 0 Å². The summed E-state index contributed by atoms with van der Waals surface area (Å²) in [6.07, 6.45) is -4.43. The molecule has 0 saturated heterocycles. The van der Waals surface area contributed by atoms with E-state index in [1.54, 1.807) is 13.8 Å². The maximum absolute atomic E-state index is 12.7. The summed E-state index contributed by atoms with van der Waals surface area (Å²) in [4.78, 5) is 11.4. The maximum Gasteiger partial charge on any atom is 0.417 e. The Morgan fingerprint density at radius 1 is 1.37 bits per heavy atom. The van der Waals surface area contributed by atoms with Crippen LogP contribution in [0.5, 0.6) is 0 Å². The fraction of sp³-hybridized carbons (Fsp3) is 0.417. The Kier molecular flexibility index (Phi) is 5.22. The quantitative estimate of drug-likeness (QED) is 0.883. The van der Waals surface area contributed by atoms with E-state index in [1.165, 1.54) is 12.1 Å². The highest BCUT2D eigenvalue weighted by molar-refractivity contribution is 9.10. The minimum atomic E-state index is -4.43. The highest BCUT2D eigenvalue weighted by Gasteiger charge is 2.33. The molecular formula is C12H14BrF3N2O. The minimum Gasteiger partial charge on any atom is -0.376 e. The molecule has 3 nitrogen and oxygen atoms in total. The molecule has 19 heavy (non-hydrogen) atoms. The van der Waals surface area contributed by atoms with E-state index in [9.17, 15) is 18.0 Å². The Morgan fingerprint density at radius 2 is 2.00 bits per heavy atom. The van der Waals surface area contributed by atoms with Gasteiger partial charge in [-0.3, -0.25) is 4.79 Å². The number of nitrogens with one attached hydrogen (secondary N) is 2. The van der Waals surface area contributed by atoms with Gasteiger partial charge in [0, 0.05) is 16.2 Å². The lowest BCUT2D eigenvalue weighted by Crippen LogP contribution is -2.34. The lowest BCUT2D eigenvalue weighted by Gasteiger charge is -2.13. The predicted octanol–water partition coefficient (Wildman–Crippen LogP) is 3.40. The molecule has 0 aliphatic heterocycles. The van der Waals surface area contributed by atoms with Crippen molar-refractivity contribution in [1.29, 1.82) is 0 Å². The van der Waals surface area contributed by atoms with Crippen LogP contribution in [0.2, 0.25) is 0 Å². The number of halogens is 4. The molecule has 7 heteroatoms. The van der Waals surface area contributed by atoms with Gasteiger partial charge in [0.05, 0.1) is 12.1 Å². The van der Waals surface area contributed by atoms with E-state index in [0.29, 0.717) is 0 Å². The zero-order chi connectivity index (χ0) is 14.6. The number of carbonyl (C=O) groups is 1. The Labute approximate surface area is 117 Å². The number of carbonyl (C=O) groups excluding carboxylic acids is 1. The van der Waals surface area contributed by atoms with E-state index in [1.807, 2.05) is 0 Å². The summed E-state index contributed by atoms with van der Waals surface area (Å²) >= 11 is 2.85. The molecule has 2 N–H and O–H groups in total. The fourth-order valence-electron chi connectivity index (χ4n) is 1.41. The molecule has 1 aromatic carbocycles. The van der Waals surface area contributed by atoms with Crippen LogP contribution in [-0.2, 0) is 11.0 Å². The average molecular weight is 339 g/mol. The van der Waals surface area contributed by atoms with Gasteiger partial charge in [-0.25, -0.2) is 0 Å². The molecule has 1 aromatic rings. The summed E-state index contributed by atoms with van der Waals surface area (Å²) < 4.78 is 38.0. The van der Waals surface area contributed by atoms with Crippen LogP contribution in [0.1, 0.15) is 19.4 Å². The third-order valence-electron chi connectivity index (χ3n) is 2.17. The van der Waals surface area contributed by atoms with Crippen molar-refractivity contribution < 1.29 is 18.0 Å². The van der Waals surface area contributed by atoms with Gasteiger partial charge in [0.2, 0.25) is 5.91 Å². The molecule has 1 rings (SSSR count). The monoisotopic (exact) mass is 338 g/mol. The van der Waals surface area contributed by atoms with E-state index >= 15 is 0 Å². The second kappa shape index (κ2) is 6.27. The number of amides is 1. The number of anilines is 1. The lowest BCUT2D eigenvalue weighted by molar-refractivity contribution is -0.138. The molecular weight excluding hydrogens is 325 g/mol. The first-order valence-electron chi connectivity index (χ1n) is 5.60. The lowest BCUT2D eigenvalue weighted by atomic mass is 10.2. The van der Waals surface area contributed by atoms with Gasteiger partial charge in [-0.2, -0.15) is 13.2 Å². The summed E-state index contributed by atoms with van der Waals surface area (Å²) in [7, 11) is 0. The van der Waals surface area contributed by atoms with Crippen LogP contribution >= 0.6 is 15.9 Å². The van der Waals surface area contributed by atoms with Crippen molar-refractivity contribution in [2.24, 2.45) is 0 Å². The van der Waals surface area contributed by atoms with E-state index in [4.69, 9.17) is 0 Å². The molecule has 0 aromatic heterocycles. The zero-order valence-corrected chi connectivity index (χ0v) is 12.0. The van der Waals surface area contributed by atoms with Gasteiger partial charge in [-0.15, -0.1) is 0 Å². The molecule has 0 spiro atoms. The van der Waals surface area contributed by atoms with Gasteiger partial charge < -0.3 is 10.6 Å². The van der Waals surface area contributed by atoms with Crippen molar-refractivity contribution in [1.82, 2.24) is 5.32 Å². The first-order valence-corrected chi connectivity index (χ1v) is 6.39. The van der Waals surface area contributed by atoms with Crippen LogP contribution in [0.15, 0.2) is 22.7 Å². The Morgan fingerprint density at radius 3 is 2.53 bits per heavy atom. The predicted molar refractivity (Wildman–Crippen MR) is 70.9 cm³/mol. The Balaban J connectivity index is 2.73. The van der Waals surface area contributed by atoms with E-state index in [-0.39, 0.29) is 28.7 Å². The second-order valence-electron chi connectivity index (χ2n) is 4.27. The fourth-order valence-corrected chi connectivity index (χ4v) is 1.88. The summed E-state index contributed by atoms with van der Waals surface area (Å²) in [5, 5.41) is 5.29. The average Bonchev–Trinajstić information content (AvgIpc) is 2.25. The summed E-state index contributed by atoms with van der Waals surface area (Å²) in [6, 6.07) is 3.73. The SMILES string of the molecule is CC(C)NC(=O)CNc1ccc(Br)c(C(F)(F)F)c1. The van der Waals surface area contributed by atoms with Crippen molar-refractivity contribution in [3.63, 3.8) is 0 Å². The van der Waals surface area contributed by atoms with Crippen LogP contribution in [0.4, 0.5) is 18.9 Å². The summed E-state index contributed by atoms with van der Waals surface area (Å²) in [6.45, 7) is 3.54. The minimum absolute atomic E-state index is 0.00930. The molecule has 0 saturated carbocycles. The van der Waals surface area contributed by atoms with Crippen molar-refractivity contribution >= 4 is 27.5 Å². The van der Waals surface area contributed by atoms with Crippen LogP contribution < -0.4 is 10.6 Å². The van der Waals surface area contributed by atoms with Crippen molar-refractivity contribution in [3.05, 3.63) is 28.2 Å². The van der Waals surface area contributed by atoms with Crippen LogP contribution in [0, 0.1) is 0 Å². The summed E-state index contributed by atoms with van der Waals surface area (Å²) in [5.41, 5.74) is -0.531. The third-order valence-corrected chi connectivity index (χ3v) is 2.87. The molecule has 0 unspecified atom stereocenters. The van der Waals surface area contributed by atoms with E-state index in [2.05, 4.69) is 26.6 Å². The van der Waals surface area contributed by atoms with E-state index in [0.717, 1.165) is 6.07 Å². The van der Waals surface area contributed by atoms with Gasteiger partial charge in [-0.05, 0) is 32.0 Å². The van der Waals surface area contributed by atoms with Gasteiger partial charge >= 0.3 is 6.18 Å². The van der Waals surface area contributed by atoms with Crippen molar-refractivity contribution in [2.45, 2.75) is 26.1 Å². The highest BCUT2D eigenvalue weighted by atomic mass is 79.9. The number of hydrogen-bond acceptors (Lipinski definition) is 2. The van der Waals surface area contributed by atoms with E-state index < -0.39 is 11.7 Å². The summed E-state index contributed by atoms with van der Waals surface area (Å²) in [5.74, 6) is -0.272. The first-order chi connectivity index (χ1) is 8.70.